The second kappa shape index (κ2) is 10.4. The van der Waals surface area contributed by atoms with Crippen molar-refractivity contribution in [2.45, 2.75) is 32.3 Å². The van der Waals surface area contributed by atoms with E-state index in [4.69, 9.17) is 11.3 Å². The first-order valence-electron chi connectivity index (χ1n) is 12.2. The SMILES string of the molecule is [C-]#[N+]/C(C#N)=C1C=C(/C=C/c2ccc3c(c2)CCCN3c2ccc(C)cc2)OC(c2ccccc2)C\1. The maximum Gasteiger partial charge on any atom is 0.265 e. The van der Waals surface area contributed by atoms with E-state index in [0.717, 1.165) is 30.5 Å². The number of nitrogens with zero attached hydrogens (tertiary/aromatic N) is 3. The van der Waals surface area contributed by atoms with Crippen molar-refractivity contribution >= 4 is 17.5 Å². The molecule has 4 heteroatoms. The molecule has 0 bridgehead atoms. The fraction of sp³-hybridized carbons (Fsp3) is 0.188. The number of benzene rings is 3. The van der Waals surface area contributed by atoms with E-state index in [9.17, 15) is 5.26 Å². The smallest absolute Gasteiger partial charge is 0.265 e. The van der Waals surface area contributed by atoms with Crippen molar-refractivity contribution in [2.24, 2.45) is 0 Å². The maximum atomic E-state index is 9.45. The molecule has 4 nitrogen and oxygen atoms in total. The molecule has 36 heavy (non-hydrogen) atoms. The van der Waals surface area contributed by atoms with E-state index in [1.807, 2.05) is 54.6 Å². The summed E-state index contributed by atoms with van der Waals surface area (Å²) in [5.41, 5.74) is 8.06. The van der Waals surface area contributed by atoms with E-state index >= 15 is 0 Å². The summed E-state index contributed by atoms with van der Waals surface area (Å²) >= 11 is 0. The van der Waals surface area contributed by atoms with Crippen LogP contribution >= 0.6 is 0 Å². The molecule has 0 amide bonds. The van der Waals surface area contributed by atoms with Gasteiger partial charge < -0.3 is 9.64 Å². The molecule has 1 unspecified atom stereocenters. The first-order chi connectivity index (χ1) is 17.6. The molecule has 3 aromatic carbocycles. The second-order valence-electron chi connectivity index (χ2n) is 9.18. The molecule has 0 fully saturated rings. The molecule has 0 spiro atoms. The number of anilines is 2. The van der Waals surface area contributed by atoms with Crippen LogP contribution in [0.3, 0.4) is 0 Å². The minimum Gasteiger partial charge on any atom is -0.485 e. The van der Waals surface area contributed by atoms with Crippen LogP contribution < -0.4 is 4.90 Å². The number of aryl methyl sites for hydroxylation is 2. The van der Waals surface area contributed by atoms with Crippen molar-refractivity contribution in [1.29, 1.82) is 5.26 Å². The summed E-state index contributed by atoms with van der Waals surface area (Å²) in [5.74, 6) is 0.653. The highest BCUT2D eigenvalue weighted by molar-refractivity contribution is 5.70. The van der Waals surface area contributed by atoms with Gasteiger partial charge in [0.25, 0.3) is 5.70 Å². The average molecular weight is 470 g/mol. The zero-order chi connectivity index (χ0) is 24.9. The molecule has 176 valence electrons. The fourth-order valence-corrected chi connectivity index (χ4v) is 4.84. The lowest BCUT2D eigenvalue weighted by atomic mass is 9.96. The van der Waals surface area contributed by atoms with Gasteiger partial charge in [0.15, 0.2) is 0 Å². The van der Waals surface area contributed by atoms with Crippen LogP contribution in [0.1, 0.15) is 41.2 Å². The predicted octanol–water partition coefficient (Wildman–Crippen LogP) is 7.83. The standard InChI is InChI=1S/C32H27N3O/c1-23-10-14-28(15-11-23)35-18-6-9-26-19-24(13-17-31(26)35)12-16-29-20-27(30(22-33)34-2)21-32(36-29)25-7-4-3-5-8-25/h3-5,7-8,10-17,19-20,32H,6,9,18,21H2,1H3/b16-12+,30-27+. The Morgan fingerprint density at radius 2 is 1.89 bits per heavy atom. The highest BCUT2D eigenvalue weighted by Crippen LogP contribution is 2.36. The van der Waals surface area contributed by atoms with Gasteiger partial charge in [-0.3, -0.25) is 0 Å². The maximum absolute atomic E-state index is 9.45. The van der Waals surface area contributed by atoms with Crippen LogP contribution in [-0.4, -0.2) is 6.54 Å². The lowest BCUT2D eigenvalue weighted by molar-refractivity contribution is 0.118. The van der Waals surface area contributed by atoms with Gasteiger partial charge in [0.1, 0.15) is 11.9 Å². The van der Waals surface area contributed by atoms with Gasteiger partial charge in [0.05, 0.1) is 12.6 Å². The number of hydrogen-bond acceptors (Lipinski definition) is 3. The Balaban J connectivity index is 1.42. The van der Waals surface area contributed by atoms with E-state index in [2.05, 4.69) is 59.1 Å². The largest absolute Gasteiger partial charge is 0.485 e. The molecule has 0 aromatic heterocycles. The molecule has 2 heterocycles. The molecule has 0 aliphatic carbocycles. The second-order valence-corrected chi connectivity index (χ2v) is 9.18. The van der Waals surface area contributed by atoms with Gasteiger partial charge in [0, 0.05) is 24.3 Å². The summed E-state index contributed by atoms with van der Waals surface area (Å²) < 4.78 is 6.28. The normalized spacial score (nSPS) is 18.5. The molecular formula is C32H27N3O. The van der Waals surface area contributed by atoms with Crippen molar-refractivity contribution in [3.8, 4) is 6.07 Å². The van der Waals surface area contributed by atoms with Gasteiger partial charge in [-0.1, -0.05) is 60.2 Å². The number of nitriles is 1. The summed E-state index contributed by atoms with van der Waals surface area (Å²) in [6, 6.07) is 27.3. The number of fused-ring (bicyclic) bond motifs is 1. The van der Waals surface area contributed by atoms with Gasteiger partial charge >= 0.3 is 0 Å². The minimum absolute atomic E-state index is 0.120. The minimum atomic E-state index is -0.234. The fourth-order valence-electron chi connectivity index (χ4n) is 4.84. The van der Waals surface area contributed by atoms with Gasteiger partial charge in [-0.05, 0) is 78.4 Å². The highest BCUT2D eigenvalue weighted by Gasteiger charge is 2.23. The Bertz CT molecular complexity index is 1420. The molecular weight excluding hydrogens is 442 g/mol. The molecule has 3 aromatic rings. The molecule has 0 N–H and O–H groups in total. The molecule has 2 aliphatic heterocycles. The topological polar surface area (TPSA) is 40.6 Å². The van der Waals surface area contributed by atoms with Crippen LogP contribution in [0.4, 0.5) is 11.4 Å². The number of allylic oxidation sites excluding steroid dienone is 3. The number of ether oxygens (including phenoxy) is 1. The van der Waals surface area contributed by atoms with Crippen LogP contribution in [0.15, 0.2) is 102 Å². The summed E-state index contributed by atoms with van der Waals surface area (Å²) in [5, 5.41) is 9.45. The van der Waals surface area contributed by atoms with Gasteiger partial charge in [-0.15, -0.1) is 0 Å². The van der Waals surface area contributed by atoms with Gasteiger partial charge in [0.2, 0.25) is 0 Å². The van der Waals surface area contributed by atoms with Crippen molar-refractivity contribution in [3.05, 3.63) is 136 Å². The van der Waals surface area contributed by atoms with E-state index in [0.29, 0.717) is 17.8 Å². The molecule has 0 radical (unpaired) electrons. The van der Waals surface area contributed by atoms with Gasteiger partial charge in [-0.25, -0.2) is 10.1 Å². The first kappa shape index (κ1) is 23.2. The van der Waals surface area contributed by atoms with E-state index < -0.39 is 0 Å². The zero-order valence-corrected chi connectivity index (χ0v) is 20.3. The number of hydrogen-bond donors (Lipinski definition) is 0. The van der Waals surface area contributed by atoms with Crippen molar-refractivity contribution < 1.29 is 4.74 Å². The van der Waals surface area contributed by atoms with Gasteiger partial charge in [-0.2, -0.15) is 0 Å². The predicted molar refractivity (Wildman–Crippen MR) is 144 cm³/mol. The third kappa shape index (κ3) is 4.95. The van der Waals surface area contributed by atoms with Crippen LogP contribution in [0.5, 0.6) is 0 Å². The average Bonchev–Trinajstić information content (AvgIpc) is 2.93. The summed E-state index contributed by atoms with van der Waals surface area (Å²) in [6.45, 7) is 10.5. The lowest BCUT2D eigenvalue weighted by Gasteiger charge is -2.31. The van der Waals surface area contributed by atoms with Crippen LogP contribution in [0.25, 0.3) is 10.9 Å². The summed E-state index contributed by atoms with van der Waals surface area (Å²) in [6.07, 6.45) is 8.25. The molecule has 0 saturated carbocycles. The van der Waals surface area contributed by atoms with E-state index in [-0.39, 0.29) is 11.8 Å². The number of rotatable bonds is 4. The molecule has 0 saturated heterocycles. The Labute approximate surface area is 212 Å². The molecule has 1 atom stereocenters. The van der Waals surface area contributed by atoms with E-state index in [1.54, 1.807) is 0 Å². The van der Waals surface area contributed by atoms with Crippen LogP contribution in [0, 0.1) is 24.8 Å². The Kier molecular flexibility index (Phi) is 6.69. The van der Waals surface area contributed by atoms with Crippen molar-refractivity contribution in [1.82, 2.24) is 0 Å². The highest BCUT2D eigenvalue weighted by atomic mass is 16.5. The molecule has 2 aliphatic rings. The summed E-state index contributed by atoms with van der Waals surface area (Å²) in [4.78, 5) is 5.83. The van der Waals surface area contributed by atoms with Crippen molar-refractivity contribution in [3.63, 3.8) is 0 Å². The van der Waals surface area contributed by atoms with Crippen LogP contribution in [0.2, 0.25) is 0 Å². The lowest BCUT2D eigenvalue weighted by Crippen LogP contribution is -2.24. The zero-order valence-electron chi connectivity index (χ0n) is 20.3. The third-order valence-electron chi connectivity index (χ3n) is 6.70. The van der Waals surface area contributed by atoms with Crippen molar-refractivity contribution in [2.75, 3.05) is 11.4 Å². The quantitative estimate of drug-likeness (QED) is 0.289. The Hall–Kier alpha value is -4.54. The first-order valence-corrected chi connectivity index (χ1v) is 12.2. The van der Waals surface area contributed by atoms with Crippen LogP contribution in [-0.2, 0) is 11.2 Å². The third-order valence-corrected chi connectivity index (χ3v) is 6.70. The summed E-state index contributed by atoms with van der Waals surface area (Å²) in [7, 11) is 0. The Morgan fingerprint density at radius 3 is 2.64 bits per heavy atom. The Morgan fingerprint density at radius 1 is 1.08 bits per heavy atom. The molecule has 5 rings (SSSR count). The van der Waals surface area contributed by atoms with E-state index in [1.165, 1.54) is 22.5 Å². The monoisotopic (exact) mass is 469 g/mol.